The summed E-state index contributed by atoms with van der Waals surface area (Å²) in [5.41, 5.74) is 1.21. The minimum absolute atomic E-state index is 0.0422. The molecule has 0 radical (unpaired) electrons. The third kappa shape index (κ3) is 5.19. The molecule has 0 aliphatic heterocycles. The summed E-state index contributed by atoms with van der Waals surface area (Å²) < 4.78 is 1.07. The summed E-state index contributed by atoms with van der Waals surface area (Å²) in [6.45, 7) is 6.39. The molecular weight excluding hydrogens is 292 g/mol. The lowest BCUT2D eigenvalue weighted by Gasteiger charge is -2.18. The Morgan fingerprint density at radius 3 is 2.39 bits per heavy atom. The molecule has 1 atom stereocenters. The fourth-order valence-electron chi connectivity index (χ4n) is 1.78. The predicted molar refractivity (Wildman–Crippen MR) is 78.5 cm³/mol. The van der Waals surface area contributed by atoms with Crippen molar-refractivity contribution in [3.8, 4) is 0 Å². The van der Waals surface area contributed by atoms with E-state index in [0.29, 0.717) is 6.54 Å². The summed E-state index contributed by atoms with van der Waals surface area (Å²) in [6, 6.07) is 8.60. The highest BCUT2D eigenvalue weighted by Gasteiger charge is 2.10. The molecule has 0 fully saturated rings. The summed E-state index contributed by atoms with van der Waals surface area (Å²) in [6.07, 6.45) is 0.955. The zero-order chi connectivity index (χ0) is 13.5. The molecule has 1 unspecified atom stereocenters. The summed E-state index contributed by atoms with van der Waals surface area (Å²) in [7, 11) is 0. The molecule has 2 N–H and O–H groups in total. The van der Waals surface area contributed by atoms with Crippen LogP contribution in [0.1, 0.15) is 38.8 Å². The van der Waals surface area contributed by atoms with Crippen molar-refractivity contribution < 1.29 is 4.79 Å². The maximum Gasteiger partial charge on any atom is 0.234 e. The first kappa shape index (κ1) is 15.2. The van der Waals surface area contributed by atoms with Gasteiger partial charge in [-0.1, -0.05) is 35.0 Å². The Morgan fingerprint density at radius 2 is 1.89 bits per heavy atom. The van der Waals surface area contributed by atoms with Crippen LogP contribution in [-0.2, 0) is 4.79 Å². The maximum absolute atomic E-state index is 11.6. The molecule has 0 bridgehead atoms. The lowest BCUT2D eigenvalue weighted by Crippen LogP contribution is -2.38. The fourth-order valence-corrected chi connectivity index (χ4v) is 2.05. The molecule has 1 aromatic carbocycles. The van der Waals surface area contributed by atoms with Gasteiger partial charge in [-0.2, -0.15) is 0 Å². The van der Waals surface area contributed by atoms with Crippen LogP contribution in [0.2, 0.25) is 0 Å². The second-order valence-corrected chi connectivity index (χ2v) is 5.53. The normalized spacial score (nSPS) is 12.5. The Hall–Kier alpha value is -0.870. The number of hydrogen-bond donors (Lipinski definition) is 2. The molecule has 1 rings (SSSR count). The van der Waals surface area contributed by atoms with Crippen LogP contribution in [0.4, 0.5) is 0 Å². The van der Waals surface area contributed by atoms with Gasteiger partial charge in [-0.3, -0.25) is 4.79 Å². The topological polar surface area (TPSA) is 41.1 Å². The Kier molecular flexibility index (Phi) is 6.36. The Morgan fingerprint density at radius 1 is 1.28 bits per heavy atom. The summed E-state index contributed by atoms with van der Waals surface area (Å²) in [5, 5.41) is 6.16. The third-order valence-electron chi connectivity index (χ3n) is 2.64. The Labute approximate surface area is 117 Å². The van der Waals surface area contributed by atoms with Crippen molar-refractivity contribution >= 4 is 21.8 Å². The van der Waals surface area contributed by atoms with Gasteiger partial charge in [0.25, 0.3) is 0 Å². The van der Waals surface area contributed by atoms with Crippen LogP contribution in [-0.4, -0.2) is 18.5 Å². The molecule has 4 heteroatoms. The SMILES string of the molecule is CCC(NCC(=O)NC(C)C)c1ccc(Br)cc1. The van der Waals surface area contributed by atoms with Crippen molar-refractivity contribution in [1.82, 2.24) is 10.6 Å². The third-order valence-corrected chi connectivity index (χ3v) is 3.17. The van der Waals surface area contributed by atoms with Gasteiger partial charge in [0, 0.05) is 16.6 Å². The number of carbonyl (C=O) groups is 1. The number of carbonyl (C=O) groups excluding carboxylic acids is 1. The average Bonchev–Trinajstić information content (AvgIpc) is 2.31. The first-order chi connectivity index (χ1) is 8.52. The highest BCUT2D eigenvalue weighted by Crippen LogP contribution is 2.19. The van der Waals surface area contributed by atoms with Crippen molar-refractivity contribution in [2.24, 2.45) is 0 Å². The highest BCUT2D eigenvalue weighted by molar-refractivity contribution is 9.10. The molecule has 0 aliphatic carbocycles. The van der Waals surface area contributed by atoms with E-state index in [0.717, 1.165) is 10.9 Å². The number of halogens is 1. The zero-order valence-electron chi connectivity index (χ0n) is 11.2. The van der Waals surface area contributed by atoms with Crippen molar-refractivity contribution in [2.45, 2.75) is 39.3 Å². The first-order valence-electron chi connectivity index (χ1n) is 6.31. The fraction of sp³-hybridized carbons (Fsp3) is 0.500. The van der Waals surface area contributed by atoms with Crippen LogP contribution in [0.3, 0.4) is 0 Å². The van der Waals surface area contributed by atoms with Crippen LogP contribution >= 0.6 is 15.9 Å². The molecule has 100 valence electrons. The molecule has 3 nitrogen and oxygen atoms in total. The van der Waals surface area contributed by atoms with Crippen LogP contribution < -0.4 is 10.6 Å². The molecule has 1 amide bonds. The Balaban J connectivity index is 2.52. The van der Waals surface area contributed by atoms with Crippen molar-refractivity contribution in [3.05, 3.63) is 34.3 Å². The van der Waals surface area contributed by atoms with E-state index in [-0.39, 0.29) is 18.0 Å². The lowest BCUT2D eigenvalue weighted by molar-refractivity contribution is -0.120. The second kappa shape index (κ2) is 7.54. The van der Waals surface area contributed by atoms with E-state index >= 15 is 0 Å². The van der Waals surface area contributed by atoms with Crippen LogP contribution in [0.5, 0.6) is 0 Å². The molecule has 0 aliphatic rings. The van der Waals surface area contributed by atoms with Crippen LogP contribution in [0, 0.1) is 0 Å². The summed E-state index contributed by atoms with van der Waals surface area (Å²) in [4.78, 5) is 11.6. The van der Waals surface area contributed by atoms with Crippen molar-refractivity contribution in [3.63, 3.8) is 0 Å². The van der Waals surface area contributed by atoms with Crippen LogP contribution in [0.25, 0.3) is 0 Å². The highest BCUT2D eigenvalue weighted by atomic mass is 79.9. The van der Waals surface area contributed by atoms with E-state index in [1.807, 2.05) is 26.0 Å². The molecule has 1 aromatic rings. The van der Waals surface area contributed by atoms with Gasteiger partial charge in [-0.25, -0.2) is 0 Å². The molecule has 0 heterocycles. The van der Waals surface area contributed by atoms with Crippen LogP contribution in [0.15, 0.2) is 28.7 Å². The molecule has 0 saturated heterocycles. The van der Waals surface area contributed by atoms with Gasteiger partial charge in [-0.15, -0.1) is 0 Å². The minimum Gasteiger partial charge on any atom is -0.353 e. The summed E-state index contributed by atoms with van der Waals surface area (Å²) >= 11 is 3.42. The minimum atomic E-state index is 0.0422. The molecule has 0 saturated carbocycles. The molecular formula is C14H21BrN2O. The second-order valence-electron chi connectivity index (χ2n) is 4.62. The molecule has 18 heavy (non-hydrogen) atoms. The smallest absolute Gasteiger partial charge is 0.234 e. The van der Waals surface area contributed by atoms with E-state index in [4.69, 9.17) is 0 Å². The van der Waals surface area contributed by atoms with E-state index in [9.17, 15) is 4.79 Å². The largest absolute Gasteiger partial charge is 0.353 e. The van der Waals surface area contributed by atoms with Gasteiger partial charge >= 0.3 is 0 Å². The van der Waals surface area contributed by atoms with E-state index in [1.165, 1.54) is 5.56 Å². The number of nitrogens with one attached hydrogen (secondary N) is 2. The van der Waals surface area contributed by atoms with Gasteiger partial charge in [0.15, 0.2) is 0 Å². The number of rotatable bonds is 6. The Bertz CT molecular complexity index is 376. The van der Waals surface area contributed by atoms with Gasteiger partial charge < -0.3 is 10.6 Å². The maximum atomic E-state index is 11.6. The average molecular weight is 313 g/mol. The molecule has 0 spiro atoms. The van der Waals surface area contributed by atoms with Gasteiger partial charge in [0.1, 0.15) is 0 Å². The predicted octanol–water partition coefficient (Wildman–Crippen LogP) is 3.01. The van der Waals surface area contributed by atoms with Gasteiger partial charge in [-0.05, 0) is 38.0 Å². The summed E-state index contributed by atoms with van der Waals surface area (Å²) in [5.74, 6) is 0.0422. The molecule has 0 aromatic heterocycles. The van der Waals surface area contributed by atoms with Crippen molar-refractivity contribution in [1.29, 1.82) is 0 Å². The quantitative estimate of drug-likeness (QED) is 0.847. The van der Waals surface area contributed by atoms with E-state index < -0.39 is 0 Å². The number of amides is 1. The van der Waals surface area contributed by atoms with Gasteiger partial charge in [0.2, 0.25) is 5.91 Å². The monoisotopic (exact) mass is 312 g/mol. The number of hydrogen-bond acceptors (Lipinski definition) is 2. The number of benzene rings is 1. The lowest BCUT2D eigenvalue weighted by atomic mass is 10.0. The van der Waals surface area contributed by atoms with E-state index in [1.54, 1.807) is 0 Å². The standard InChI is InChI=1S/C14H21BrN2O/c1-4-13(11-5-7-12(15)8-6-11)16-9-14(18)17-10(2)3/h5-8,10,13,16H,4,9H2,1-3H3,(H,17,18). The zero-order valence-corrected chi connectivity index (χ0v) is 12.8. The van der Waals surface area contributed by atoms with E-state index in [2.05, 4.69) is 45.6 Å². The van der Waals surface area contributed by atoms with Gasteiger partial charge in [0.05, 0.1) is 6.54 Å². The first-order valence-corrected chi connectivity index (χ1v) is 7.10. The van der Waals surface area contributed by atoms with Crippen molar-refractivity contribution in [2.75, 3.05) is 6.54 Å².